The Morgan fingerprint density at radius 1 is 1.11 bits per heavy atom. The van der Waals surface area contributed by atoms with E-state index in [1.807, 2.05) is 68.4 Å². The summed E-state index contributed by atoms with van der Waals surface area (Å²) in [5, 5.41) is 4.53. The van der Waals surface area contributed by atoms with Crippen LogP contribution in [0.5, 0.6) is 0 Å². The molecule has 0 saturated heterocycles. The Balaban J connectivity index is 1.82. The van der Waals surface area contributed by atoms with Gasteiger partial charge in [0.15, 0.2) is 0 Å². The maximum atomic E-state index is 11.9. The lowest BCUT2D eigenvalue weighted by atomic mass is 10.1. The van der Waals surface area contributed by atoms with Crippen molar-refractivity contribution in [2.75, 3.05) is 5.73 Å². The van der Waals surface area contributed by atoms with Crippen LogP contribution < -0.4 is 11.5 Å². The van der Waals surface area contributed by atoms with Gasteiger partial charge in [0.25, 0.3) is 5.91 Å². The molecule has 0 bridgehead atoms. The number of carbonyl (C=O) groups is 1. The summed E-state index contributed by atoms with van der Waals surface area (Å²) in [6, 6.07) is 17.8. The van der Waals surface area contributed by atoms with E-state index < -0.39 is 5.91 Å². The van der Waals surface area contributed by atoms with Gasteiger partial charge in [-0.15, -0.1) is 0 Å². The van der Waals surface area contributed by atoms with E-state index in [9.17, 15) is 4.79 Å². The Morgan fingerprint density at radius 3 is 2.41 bits per heavy atom. The van der Waals surface area contributed by atoms with E-state index in [1.54, 1.807) is 4.68 Å². The lowest BCUT2D eigenvalue weighted by Crippen LogP contribution is -2.16. The second kappa shape index (κ2) is 8.05. The van der Waals surface area contributed by atoms with E-state index in [4.69, 9.17) is 16.2 Å². The number of benzene rings is 2. The van der Waals surface area contributed by atoms with Gasteiger partial charge >= 0.3 is 0 Å². The van der Waals surface area contributed by atoms with E-state index >= 15 is 0 Å². The average Bonchev–Trinajstić information content (AvgIpc) is 2.99. The van der Waals surface area contributed by atoms with Crippen molar-refractivity contribution in [2.45, 2.75) is 33.1 Å². The number of amides is 1. The first-order valence-corrected chi connectivity index (χ1v) is 8.82. The van der Waals surface area contributed by atoms with Crippen LogP contribution in [0, 0.1) is 6.92 Å². The Labute approximate surface area is 158 Å². The summed E-state index contributed by atoms with van der Waals surface area (Å²) in [4.78, 5) is 11.9. The molecule has 0 aliphatic rings. The number of carbonyl (C=O) groups excluding carboxylic acids is 1. The molecule has 140 valence electrons. The summed E-state index contributed by atoms with van der Waals surface area (Å²) < 4.78 is 7.36. The third kappa shape index (κ3) is 4.17. The Bertz CT molecular complexity index is 917. The predicted molar refractivity (Wildman–Crippen MR) is 105 cm³/mol. The lowest BCUT2D eigenvalue weighted by molar-refractivity contribution is 0.0959. The fourth-order valence-electron chi connectivity index (χ4n) is 2.99. The molecule has 1 aromatic heterocycles. The SMILES string of the molecule is Cc1ccc(C(C)n2nc(COCc3ccccc3)c(C(N)=O)c2N)cc1. The molecule has 3 aromatic rings. The number of aromatic nitrogens is 2. The molecule has 0 saturated carbocycles. The number of ether oxygens (including phenoxy) is 1. The van der Waals surface area contributed by atoms with Crippen LogP contribution in [0.1, 0.15) is 45.7 Å². The Hall–Kier alpha value is -3.12. The highest BCUT2D eigenvalue weighted by molar-refractivity contribution is 5.98. The van der Waals surface area contributed by atoms with Gasteiger partial charge in [-0.1, -0.05) is 60.2 Å². The van der Waals surface area contributed by atoms with Crippen LogP contribution >= 0.6 is 0 Å². The van der Waals surface area contributed by atoms with E-state index in [0.717, 1.165) is 11.1 Å². The van der Waals surface area contributed by atoms with Crippen LogP contribution in [0.2, 0.25) is 0 Å². The number of hydrogen-bond acceptors (Lipinski definition) is 4. The second-order valence-corrected chi connectivity index (χ2v) is 6.58. The fraction of sp³-hybridized carbons (Fsp3) is 0.238. The molecule has 0 spiro atoms. The summed E-state index contributed by atoms with van der Waals surface area (Å²) >= 11 is 0. The number of nitrogen functional groups attached to an aromatic ring is 1. The summed E-state index contributed by atoms with van der Waals surface area (Å²) in [6.07, 6.45) is 0. The summed E-state index contributed by atoms with van der Waals surface area (Å²) in [5.41, 5.74) is 15.7. The van der Waals surface area contributed by atoms with Gasteiger partial charge in [-0.3, -0.25) is 4.79 Å². The van der Waals surface area contributed by atoms with Gasteiger partial charge in [0.05, 0.1) is 19.3 Å². The van der Waals surface area contributed by atoms with Gasteiger partial charge in [-0.25, -0.2) is 4.68 Å². The molecule has 2 aromatic carbocycles. The molecule has 0 aliphatic heterocycles. The predicted octanol–water partition coefficient (Wildman–Crippen LogP) is 3.20. The monoisotopic (exact) mass is 364 g/mol. The zero-order chi connectivity index (χ0) is 19.4. The third-order valence-corrected chi connectivity index (χ3v) is 4.54. The first kappa shape index (κ1) is 18.7. The minimum Gasteiger partial charge on any atom is -0.383 e. The first-order valence-electron chi connectivity index (χ1n) is 8.82. The molecule has 3 rings (SSSR count). The minimum atomic E-state index is -0.604. The molecular formula is C21H24N4O2. The highest BCUT2D eigenvalue weighted by Gasteiger charge is 2.23. The van der Waals surface area contributed by atoms with E-state index in [-0.39, 0.29) is 24.0 Å². The van der Waals surface area contributed by atoms with Crippen LogP contribution in [0.25, 0.3) is 0 Å². The Morgan fingerprint density at radius 2 is 1.78 bits per heavy atom. The van der Waals surface area contributed by atoms with Crippen LogP contribution in [-0.4, -0.2) is 15.7 Å². The zero-order valence-electron chi connectivity index (χ0n) is 15.6. The van der Waals surface area contributed by atoms with Gasteiger partial charge in [0.1, 0.15) is 17.1 Å². The number of aryl methyl sites for hydroxylation is 1. The Kier molecular flexibility index (Phi) is 5.57. The molecule has 0 radical (unpaired) electrons. The van der Waals surface area contributed by atoms with Crippen molar-refractivity contribution < 1.29 is 9.53 Å². The van der Waals surface area contributed by atoms with Crippen molar-refractivity contribution in [1.29, 1.82) is 0 Å². The highest BCUT2D eigenvalue weighted by Crippen LogP contribution is 2.26. The van der Waals surface area contributed by atoms with Crippen LogP contribution in [0.3, 0.4) is 0 Å². The van der Waals surface area contributed by atoms with Gasteiger partial charge in [0.2, 0.25) is 0 Å². The highest BCUT2D eigenvalue weighted by atomic mass is 16.5. The maximum Gasteiger partial charge on any atom is 0.254 e. The molecule has 0 fully saturated rings. The van der Waals surface area contributed by atoms with Crippen LogP contribution in [-0.2, 0) is 18.0 Å². The molecule has 6 heteroatoms. The molecule has 1 amide bonds. The molecule has 1 unspecified atom stereocenters. The minimum absolute atomic E-state index is 0.133. The molecule has 1 heterocycles. The van der Waals surface area contributed by atoms with E-state index in [2.05, 4.69) is 5.10 Å². The standard InChI is InChI=1S/C21H24N4O2/c1-14-8-10-17(11-9-14)15(2)25-20(22)19(21(23)26)18(24-25)13-27-12-16-6-4-3-5-7-16/h3-11,15H,12-13,22H2,1-2H3,(H2,23,26). The number of nitrogens with two attached hydrogens (primary N) is 2. The molecule has 1 atom stereocenters. The largest absolute Gasteiger partial charge is 0.383 e. The van der Waals surface area contributed by atoms with E-state index in [1.165, 1.54) is 5.56 Å². The number of anilines is 1. The topological polar surface area (TPSA) is 96.2 Å². The molecular weight excluding hydrogens is 340 g/mol. The van der Waals surface area contributed by atoms with Crippen molar-refractivity contribution in [2.24, 2.45) is 5.73 Å². The van der Waals surface area contributed by atoms with Gasteiger partial charge in [0, 0.05) is 0 Å². The second-order valence-electron chi connectivity index (χ2n) is 6.58. The van der Waals surface area contributed by atoms with Crippen molar-refractivity contribution in [3.05, 3.63) is 82.5 Å². The fourth-order valence-corrected chi connectivity index (χ4v) is 2.99. The zero-order valence-corrected chi connectivity index (χ0v) is 15.6. The first-order chi connectivity index (χ1) is 13.0. The van der Waals surface area contributed by atoms with Gasteiger partial charge in [-0.2, -0.15) is 5.10 Å². The quantitative estimate of drug-likeness (QED) is 0.673. The molecule has 6 nitrogen and oxygen atoms in total. The number of rotatable bonds is 7. The number of primary amides is 1. The summed E-state index contributed by atoms with van der Waals surface area (Å²) in [5.74, 6) is -0.345. The van der Waals surface area contributed by atoms with Crippen molar-refractivity contribution >= 4 is 11.7 Å². The normalized spacial score (nSPS) is 12.1. The number of nitrogens with zero attached hydrogens (tertiary/aromatic N) is 2. The summed E-state index contributed by atoms with van der Waals surface area (Å²) in [7, 11) is 0. The van der Waals surface area contributed by atoms with Crippen molar-refractivity contribution in [1.82, 2.24) is 9.78 Å². The smallest absolute Gasteiger partial charge is 0.254 e. The number of hydrogen-bond donors (Lipinski definition) is 2. The van der Waals surface area contributed by atoms with Gasteiger partial charge in [-0.05, 0) is 25.0 Å². The van der Waals surface area contributed by atoms with E-state index in [0.29, 0.717) is 12.3 Å². The molecule has 27 heavy (non-hydrogen) atoms. The summed E-state index contributed by atoms with van der Waals surface area (Å²) in [6.45, 7) is 4.59. The molecule has 4 N–H and O–H groups in total. The van der Waals surface area contributed by atoms with Gasteiger partial charge < -0.3 is 16.2 Å². The molecule has 0 aliphatic carbocycles. The van der Waals surface area contributed by atoms with Crippen LogP contribution in [0.4, 0.5) is 5.82 Å². The maximum absolute atomic E-state index is 11.9. The lowest BCUT2D eigenvalue weighted by Gasteiger charge is -2.14. The van der Waals surface area contributed by atoms with Crippen molar-refractivity contribution in [3.63, 3.8) is 0 Å². The average molecular weight is 364 g/mol. The van der Waals surface area contributed by atoms with Crippen LogP contribution in [0.15, 0.2) is 54.6 Å². The van der Waals surface area contributed by atoms with Crippen molar-refractivity contribution in [3.8, 4) is 0 Å². The third-order valence-electron chi connectivity index (χ3n) is 4.54.